The fourth-order valence-electron chi connectivity index (χ4n) is 3.58. The van der Waals surface area contributed by atoms with Crippen molar-refractivity contribution in [1.82, 2.24) is 0 Å². The molecule has 0 amide bonds. The summed E-state index contributed by atoms with van der Waals surface area (Å²) >= 11 is 0. The highest BCUT2D eigenvalue weighted by Crippen LogP contribution is 2.26. The van der Waals surface area contributed by atoms with Gasteiger partial charge >= 0.3 is 0 Å². The average molecular weight is 471 g/mol. The maximum absolute atomic E-state index is 5.69. The van der Waals surface area contributed by atoms with E-state index in [1.54, 1.807) is 28.4 Å². The molecule has 0 aromatic carbocycles. The zero-order valence-corrected chi connectivity index (χ0v) is 23.8. The van der Waals surface area contributed by atoms with Gasteiger partial charge in [0.1, 0.15) is 10.8 Å². The van der Waals surface area contributed by atoms with Gasteiger partial charge < -0.3 is 18.9 Å². The highest BCUT2D eigenvalue weighted by molar-refractivity contribution is 8.76. The summed E-state index contributed by atoms with van der Waals surface area (Å²) in [6.07, 6.45) is 9.58. The lowest BCUT2D eigenvalue weighted by Crippen LogP contribution is -2.40. The van der Waals surface area contributed by atoms with Crippen molar-refractivity contribution in [2.75, 3.05) is 39.9 Å². The minimum absolute atomic E-state index is 0.222. The van der Waals surface area contributed by atoms with Crippen molar-refractivity contribution in [3.63, 3.8) is 0 Å². The van der Waals surface area contributed by atoms with Crippen molar-refractivity contribution in [3.05, 3.63) is 0 Å². The average Bonchev–Trinajstić information content (AvgIpc) is 2.73. The van der Waals surface area contributed by atoms with E-state index in [-0.39, 0.29) is 29.9 Å². The Morgan fingerprint density at radius 1 is 0.607 bits per heavy atom. The lowest BCUT2D eigenvalue weighted by Gasteiger charge is -2.30. The van der Waals surface area contributed by atoms with Gasteiger partial charge in [-0.05, 0) is 25.7 Å². The molecule has 28 heavy (non-hydrogen) atoms. The first-order valence-electron chi connectivity index (χ1n) is 11.0. The molecule has 0 aromatic rings. The quantitative estimate of drug-likeness (QED) is 0.106. The van der Waals surface area contributed by atoms with Crippen LogP contribution in [0.4, 0.5) is 0 Å². The van der Waals surface area contributed by atoms with Crippen molar-refractivity contribution in [2.45, 2.75) is 88.1 Å². The van der Waals surface area contributed by atoms with Crippen molar-refractivity contribution in [3.8, 4) is 0 Å². The number of ether oxygens (including phenoxy) is 4. The molecule has 0 spiro atoms. The third kappa shape index (κ3) is 12.6. The maximum Gasteiger partial charge on any atom is 0.144 e. The molecule has 170 valence electrons. The van der Waals surface area contributed by atoms with Crippen molar-refractivity contribution in [2.24, 2.45) is 0 Å². The molecule has 0 aliphatic carbocycles. The van der Waals surface area contributed by atoms with Crippen LogP contribution in [0.3, 0.4) is 0 Å². The molecule has 0 unspecified atom stereocenters. The number of hydrogen-bond donors (Lipinski definition) is 0. The highest BCUT2D eigenvalue weighted by Gasteiger charge is 2.28. The van der Waals surface area contributed by atoms with E-state index in [0.29, 0.717) is 0 Å². The molecular formula is C20H46O4S2Si2. The predicted molar refractivity (Wildman–Crippen MR) is 133 cm³/mol. The first kappa shape index (κ1) is 29.0. The summed E-state index contributed by atoms with van der Waals surface area (Å²) in [5.41, 5.74) is -0.444. The number of hydrogen-bond acceptors (Lipinski definition) is 6. The minimum Gasteiger partial charge on any atom is -0.358 e. The van der Waals surface area contributed by atoms with Gasteiger partial charge in [0, 0.05) is 39.9 Å². The van der Waals surface area contributed by atoms with Gasteiger partial charge in [0.25, 0.3) is 0 Å². The Balaban J connectivity index is 3.60. The second kappa shape index (κ2) is 18.7. The molecule has 0 atom stereocenters. The van der Waals surface area contributed by atoms with E-state index in [2.05, 4.69) is 13.8 Å². The zero-order chi connectivity index (χ0) is 21.1. The SMILES string of the molecule is CCCC(OC)(OC)[SiH2]CCCCSSCCCC[SiH2]C(CCC)(OC)OC. The van der Waals surface area contributed by atoms with Crippen LogP contribution >= 0.6 is 21.6 Å². The van der Waals surface area contributed by atoms with Gasteiger partial charge in [-0.25, -0.2) is 0 Å². The van der Waals surface area contributed by atoms with E-state index in [1.807, 2.05) is 21.6 Å². The fraction of sp³-hybridized carbons (Fsp3) is 1.00. The number of methoxy groups -OCH3 is 4. The summed E-state index contributed by atoms with van der Waals surface area (Å²) in [6, 6.07) is 2.63. The van der Waals surface area contributed by atoms with Crippen LogP contribution in [-0.4, -0.2) is 69.8 Å². The zero-order valence-electron chi connectivity index (χ0n) is 19.3. The van der Waals surface area contributed by atoms with Gasteiger partial charge in [-0.3, -0.25) is 0 Å². The van der Waals surface area contributed by atoms with Crippen molar-refractivity contribution in [1.29, 1.82) is 0 Å². The van der Waals surface area contributed by atoms with Crippen LogP contribution in [0.15, 0.2) is 0 Å². The summed E-state index contributed by atoms with van der Waals surface area (Å²) in [4.78, 5) is 0. The molecule has 0 radical (unpaired) electrons. The van der Waals surface area contributed by atoms with Crippen LogP contribution < -0.4 is 0 Å². The van der Waals surface area contributed by atoms with Crippen molar-refractivity contribution < 1.29 is 18.9 Å². The second-order valence-electron chi connectivity index (χ2n) is 7.40. The molecule has 0 heterocycles. The van der Waals surface area contributed by atoms with E-state index in [0.717, 1.165) is 25.7 Å². The van der Waals surface area contributed by atoms with Gasteiger partial charge in [0.15, 0.2) is 0 Å². The third-order valence-corrected chi connectivity index (χ3v) is 13.1. The van der Waals surface area contributed by atoms with Gasteiger partial charge in [-0.15, -0.1) is 0 Å². The normalized spacial score (nSPS) is 13.5. The monoisotopic (exact) mass is 470 g/mol. The maximum atomic E-state index is 5.69. The first-order chi connectivity index (χ1) is 13.6. The minimum atomic E-state index is -0.343. The smallest absolute Gasteiger partial charge is 0.144 e. The van der Waals surface area contributed by atoms with Crippen LogP contribution in [0.25, 0.3) is 0 Å². The van der Waals surface area contributed by atoms with Crippen LogP contribution in [0, 0.1) is 0 Å². The van der Waals surface area contributed by atoms with Crippen LogP contribution in [0.5, 0.6) is 0 Å². The lowest BCUT2D eigenvalue weighted by molar-refractivity contribution is -0.149. The Morgan fingerprint density at radius 2 is 0.964 bits per heavy atom. The molecule has 0 saturated carbocycles. The van der Waals surface area contributed by atoms with Gasteiger partial charge in [0.05, 0.1) is 19.0 Å². The standard InChI is InChI=1S/C20H46O4S2Si2/c1-7-13-19(21-3,22-4)27-17-11-9-15-25-26-16-10-12-18-28-20(23-5,24-6)14-8-2/h7-18,27-28H2,1-6H3. The molecule has 0 aliphatic rings. The lowest BCUT2D eigenvalue weighted by atomic mass is 10.3. The summed E-state index contributed by atoms with van der Waals surface area (Å²) in [6.45, 7) is 4.40. The largest absolute Gasteiger partial charge is 0.358 e. The van der Waals surface area contributed by atoms with Gasteiger partial charge in [0.2, 0.25) is 0 Å². The van der Waals surface area contributed by atoms with E-state index < -0.39 is 0 Å². The highest BCUT2D eigenvalue weighted by atomic mass is 33.1. The molecule has 0 fully saturated rings. The number of rotatable bonds is 21. The van der Waals surface area contributed by atoms with Crippen LogP contribution in [0.1, 0.15) is 65.2 Å². The number of unbranched alkanes of at least 4 members (excludes halogenated alkanes) is 2. The Morgan fingerprint density at radius 3 is 1.25 bits per heavy atom. The molecule has 0 aromatic heterocycles. The van der Waals surface area contributed by atoms with E-state index in [9.17, 15) is 0 Å². The van der Waals surface area contributed by atoms with Gasteiger partial charge in [-0.2, -0.15) is 0 Å². The Kier molecular flexibility index (Phi) is 19.4. The summed E-state index contributed by atoms with van der Waals surface area (Å²) in [5, 5.41) is 0. The van der Waals surface area contributed by atoms with E-state index >= 15 is 0 Å². The molecule has 4 nitrogen and oxygen atoms in total. The molecule has 0 aliphatic heterocycles. The summed E-state index contributed by atoms with van der Waals surface area (Å²) in [5.74, 6) is 2.53. The Labute approximate surface area is 187 Å². The van der Waals surface area contributed by atoms with E-state index in [4.69, 9.17) is 18.9 Å². The van der Waals surface area contributed by atoms with E-state index in [1.165, 1.54) is 49.3 Å². The molecule has 0 N–H and O–H groups in total. The van der Waals surface area contributed by atoms with Gasteiger partial charge in [-0.1, -0.05) is 73.2 Å². The first-order valence-corrected chi connectivity index (χ1v) is 16.9. The molecular weight excluding hydrogens is 425 g/mol. The third-order valence-electron chi connectivity index (χ3n) is 5.40. The molecule has 0 rings (SSSR count). The summed E-state index contributed by atoms with van der Waals surface area (Å²) in [7, 11) is 10.6. The van der Waals surface area contributed by atoms with Crippen LogP contribution in [-0.2, 0) is 18.9 Å². The molecule has 0 saturated heterocycles. The van der Waals surface area contributed by atoms with Crippen LogP contribution in [0.2, 0.25) is 12.1 Å². The fourth-order valence-corrected chi connectivity index (χ4v) is 10.2. The Bertz CT molecular complexity index is 312. The second-order valence-corrected chi connectivity index (χ2v) is 14.7. The molecule has 0 bridgehead atoms. The van der Waals surface area contributed by atoms with Crippen molar-refractivity contribution >= 4 is 40.6 Å². The topological polar surface area (TPSA) is 36.9 Å². The molecule has 8 heteroatoms. The Hall–Kier alpha value is 0.974. The predicted octanol–water partition coefficient (Wildman–Crippen LogP) is 4.60. The summed E-state index contributed by atoms with van der Waals surface area (Å²) < 4.78 is 22.7.